The maximum absolute atomic E-state index is 13.4. The summed E-state index contributed by atoms with van der Waals surface area (Å²) in [6.45, 7) is 0. The van der Waals surface area contributed by atoms with Gasteiger partial charge in [-0.3, -0.25) is 0 Å². The summed E-state index contributed by atoms with van der Waals surface area (Å²) in [7, 11) is 0. The fourth-order valence-corrected chi connectivity index (χ4v) is 1.62. The fourth-order valence-electron chi connectivity index (χ4n) is 1.20. The monoisotopic (exact) mass is 255 g/mol. The highest BCUT2D eigenvalue weighted by Gasteiger charge is 2.11. The van der Waals surface area contributed by atoms with E-state index in [2.05, 4.69) is 15.9 Å². The average molecular weight is 256 g/mol. The van der Waals surface area contributed by atoms with Crippen molar-refractivity contribution in [3.63, 3.8) is 0 Å². The summed E-state index contributed by atoms with van der Waals surface area (Å²) in [6.07, 6.45) is 1.49. The summed E-state index contributed by atoms with van der Waals surface area (Å²) >= 11 is 3.26. The van der Waals surface area contributed by atoms with Crippen molar-refractivity contribution in [2.75, 3.05) is 5.73 Å². The van der Waals surface area contributed by atoms with E-state index in [1.54, 1.807) is 12.1 Å². The minimum Gasteiger partial charge on any atom is -0.463 e. The lowest BCUT2D eigenvalue weighted by Gasteiger charge is -2.01. The number of hydrogen-bond donors (Lipinski definition) is 1. The van der Waals surface area contributed by atoms with Crippen LogP contribution >= 0.6 is 15.9 Å². The lowest BCUT2D eigenvalue weighted by molar-refractivity contribution is 0.568. The standard InChI is InChI=1S/C10H7BrFNO/c11-8-3-4-14-10(8)7-5-6(13)1-2-9(7)12/h1-5H,13H2. The number of halogens is 2. The van der Waals surface area contributed by atoms with Crippen molar-refractivity contribution in [3.8, 4) is 11.3 Å². The molecule has 72 valence electrons. The lowest BCUT2D eigenvalue weighted by Crippen LogP contribution is -1.88. The number of furan rings is 1. The third kappa shape index (κ3) is 1.53. The maximum Gasteiger partial charge on any atom is 0.151 e. The van der Waals surface area contributed by atoms with Crippen molar-refractivity contribution < 1.29 is 8.81 Å². The van der Waals surface area contributed by atoms with Crippen LogP contribution in [0.3, 0.4) is 0 Å². The second kappa shape index (κ2) is 3.46. The summed E-state index contributed by atoms with van der Waals surface area (Å²) in [5.74, 6) is 0.102. The second-order valence-corrected chi connectivity index (χ2v) is 3.69. The van der Waals surface area contributed by atoms with Crippen LogP contribution in [-0.4, -0.2) is 0 Å². The molecule has 2 N–H and O–H groups in total. The first-order valence-electron chi connectivity index (χ1n) is 3.97. The van der Waals surface area contributed by atoms with E-state index in [1.807, 2.05) is 0 Å². The van der Waals surface area contributed by atoms with Crippen LogP contribution in [0.1, 0.15) is 0 Å². The van der Waals surface area contributed by atoms with Crippen LogP contribution in [-0.2, 0) is 0 Å². The summed E-state index contributed by atoms with van der Waals surface area (Å²) in [5, 5.41) is 0. The first kappa shape index (κ1) is 9.27. The number of rotatable bonds is 1. The van der Waals surface area contributed by atoms with E-state index in [1.165, 1.54) is 18.4 Å². The van der Waals surface area contributed by atoms with Gasteiger partial charge in [-0.05, 0) is 40.2 Å². The molecule has 2 aromatic rings. The molecule has 1 aromatic heterocycles. The second-order valence-electron chi connectivity index (χ2n) is 2.84. The zero-order valence-corrected chi connectivity index (χ0v) is 8.71. The van der Waals surface area contributed by atoms with E-state index >= 15 is 0 Å². The minimum absolute atomic E-state index is 0.352. The van der Waals surface area contributed by atoms with Crippen LogP contribution in [0.5, 0.6) is 0 Å². The molecule has 14 heavy (non-hydrogen) atoms. The predicted molar refractivity (Wildman–Crippen MR) is 56.2 cm³/mol. The average Bonchev–Trinajstić information content (AvgIpc) is 2.56. The van der Waals surface area contributed by atoms with Gasteiger partial charge in [-0.2, -0.15) is 0 Å². The van der Waals surface area contributed by atoms with Crippen molar-refractivity contribution in [2.24, 2.45) is 0 Å². The molecule has 0 aliphatic rings. The van der Waals surface area contributed by atoms with Crippen LogP contribution in [0.25, 0.3) is 11.3 Å². The van der Waals surface area contributed by atoms with Gasteiger partial charge in [-0.1, -0.05) is 0 Å². The van der Waals surface area contributed by atoms with Crippen LogP contribution in [0.2, 0.25) is 0 Å². The summed E-state index contributed by atoms with van der Waals surface area (Å²) in [6, 6.07) is 6.08. The van der Waals surface area contributed by atoms with Crippen LogP contribution < -0.4 is 5.73 Å². The quantitative estimate of drug-likeness (QED) is 0.794. The zero-order chi connectivity index (χ0) is 10.1. The fraction of sp³-hybridized carbons (Fsp3) is 0. The molecule has 4 heteroatoms. The van der Waals surface area contributed by atoms with Gasteiger partial charge in [0.15, 0.2) is 5.76 Å². The van der Waals surface area contributed by atoms with E-state index in [4.69, 9.17) is 10.2 Å². The molecule has 2 rings (SSSR count). The van der Waals surface area contributed by atoms with Crippen LogP contribution in [0.4, 0.5) is 10.1 Å². The Balaban J connectivity index is 2.62. The van der Waals surface area contributed by atoms with Crippen molar-refractivity contribution in [3.05, 3.63) is 40.8 Å². The molecule has 1 heterocycles. The number of nitrogens with two attached hydrogens (primary N) is 1. The van der Waals surface area contributed by atoms with Crippen LogP contribution in [0.15, 0.2) is 39.4 Å². The molecule has 0 saturated carbocycles. The van der Waals surface area contributed by atoms with E-state index in [-0.39, 0.29) is 5.82 Å². The number of nitrogen functional groups attached to an aromatic ring is 1. The molecule has 0 aliphatic heterocycles. The van der Waals surface area contributed by atoms with Gasteiger partial charge in [-0.25, -0.2) is 4.39 Å². The third-order valence-electron chi connectivity index (χ3n) is 1.85. The van der Waals surface area contributed by atoms with Gasteiger partial charge in [0.2, 0.25) is 0 Å². The minimum atomic E-state index is -0.352. The van der Waals surface area contributed by atoms with Crippen LogP contribution in [0, 0.1) is 5.82 Å². The summed E-state index contributed by atoms with van der Waals surface area (Å²) in [5.41, 5.74) is 6.43. The molecular formula is C10H7BrFNO. The Hall–Kier alpha value is -1.29. The van der Waals surface area contributed by atoms with Gasteiger partial charge >= 0.3 is 0 Å². The molecule has 0 atom stereocenters. The van der Waals surface area contributed by atoms with Crippen molar-refractivity contribution in [2.45, 2.75) is 0 Å². The van der Waals surface area contributed by atoms with Gasteiger partial charge in [0, 0.05) is 5.69 Å². The molecule has 0 spiro atoms. The SMILES string of the molecule is Nc1ccc(F)c(-c2occc2Br)c1. The molecule has 0 fully saturated rings. The van der Waals surface area contributed by atoms with E-state index in [9.17, 15) is 4.39 Å². The molecule has 1 aromatic carbocycles. The molecule has 0 aliphatic carbocycles. The Morgan fingerprint density at radius 1 is 1.29 bits per heavy atom. The summed E-state index contributed by atoms with van der Waals surface area (Å²) in [4.78, 5) is 0. The Labute approximate surface area is 88.7 Å². The molecule has 0 radical (unpaired) electrons. The van der Waals surface area contributed by atoms with Gasteiger partial charge < -0.3 is 10.2 Å². The Morgan fingerprint density at radius 3 is 2.71 bits per heavy atom. The topological polar surface area (TPSA) is 39.2 Å². The first-order valence-corrected chi connectivity index (χ1v) is 4.76. The zero-order valence-electron chi connectivity index (χ0n) is 7.13. The lowest BCUT2D eigenvalue weighted by atomic mass is 10.1. The van der Waals surface area contributed by atoms with Crippen molar-refractivity contribution in [1.82, 2.24) is 0 Å². The van der Waals surface area contributed by atoms with E-state index < -0.39 is 0 Å². The highest BCUT2D eigenvalue weighted by molar-refractivity contribution is 9.10. The maximum atomic E-state index is 13.4. The van der Waals surface area contributed by atoms with Gasteiger partial charge in [0.05, 0.1) is 16.3 Å². The highest BCUT2D eigenvalue weighted by atomic mass is 79.9. The van der Waals surface area contributed by atoms with Crippen molar-refractivity contribution >= 4 is 21.6 Å². The predicted octanol–water partition coefficient (Wildman–Crippen LogP) is 3.43. The third-order valence-corrected chi connectivity index (χ3v) is 2.48. The first-order chi connectivity index (χ1) is 6.68. The smallest absolute Gasteiger partial charge is 0.151 e. The van der Waals surface area contributed by atoms with Gasteiger partial charge in [0.25, 0.3) is 0 Å². The molecule has 0 amide bonds. The molecule has 2 nitrogen and oxygen atoms in total. The largest absolute Gasteiger partial charge is 0.463 e. The molecule has 0 unspecified atom stereocenters. The molecular weight excluding hydrogens is 249 g/mol. The Morgan fingerprint density at radius 2 is 2.07 bits per heavy atom. The van der Waals surface area contributed by atoms with Crippen molar-refractivity contribution in [1.29, 1.82) is 0 Å². The normalized spacial score (nSPS) is 10.4. The number of benzene rings is 1. The number of hydrogen-bond acceptors (Lipinski definition) is 2. The summed E-state index contributed by atoms with van der Waals surface area (Å²) < 4.78 is 19.2. The molecule has 0 bridgehead atoms. The van der Waals surface area contributed by atoms with E-state index in [0.717, 1.165) is 0 Å². The Kier molecular flexibility index (Phi) is 2.29. The Bertz CT molecular complexity index is 467. The van der Waals surface area contributed by atoms with Gasteiger partial charge in [-0.15, -0.1) is 0 Å². The molecule has 0 saturated heterocycles. The number of anilines is 1. The highest BCUT2D eigenvalue weighted by Crippen LogP contribution is 2.32. The van der Waals surface area contributed by atoms with Gasteiger partial charge in [0.1, 0.15) is 5.82 Å². The van der Waals surface area contributed by atoms with E-state index in [0.29, 0.717) is 21.5 Å².